The molecular weight excluding hydrogens is 288 g/mol. The quantitative estimate of drug-likeness (QED) is 0.898. The van der Waals surface area contributed by atoms with E-state index in [1.807, 2.05) is 6.07 Å². The molecule has 112 valence electrons. The number of nitrogens with zero attached hydrogens (tertiary/aromatic N) is 5. The molecule has 21 heavy (non-hydrogen) atoms. The third-order valence-electron chi connectivity index (χ3n) is 3.42. The molecule has 1 aliphatic heterocycles. The SMILES string of the molecule is COCc1nnc(N2CCC(Nc3ccncn3)CC2)s1. The zero-order chi connectivity index (χ0) is 14.5. The van der Waals surface area contributed by atoms with Crippen LogP contribution in [0.3, 0.4) is 0 Å². The van der Waals surface area contributed by atoms with Crippen LogP contribution in [0.1, 0.15) is 17.8 Å². The van der Waals surface area contributed by atoms with E-state index in [1.165, 1.54) is 0 Å². The van der Waals surface area contributed by atoms with Gasteiger partial charge in [-0.15, -0.1) is 10.2 Å². The summed E-state index contributed by atoms with van der Waals surface area (Å²) >= 11 is 1.61. The summed E-state index contributed by atoms with van der Waals surface area (Å²) in [5, 5.41) is 13.7. The van der Waals surface area contributed by atoms with Crippen LogP contribution in [0.4, 0.5) is 10.9 Å². The average Bonchev–Trinajstić information content (AvgIpc) is 2.98. The highest BCUT2D eigenvalue weighted by atomic mass is 32.1. The van der Waals surface area contributed by atoms with Gasteiger partial charge in [-0.2, -0.15) is 0 Å². The second-order valence-corrected chi connectivity index (χ2v) is 5.95. The fraction of sp³-hybridized carbons (Fsp3) is 0.538. The molecule has 2 aromatic rings. The van der Waals surface area contributed by atoms with Crippen molar-refractivity contribution >= 4 is 22.3 Å². The van der Waals surface area contributed by atoms with Gasteiger partial charge in [-0.1, -0.05) is 11.3 Å². The molecule has 1 saturated heterocycles. The summed E-state index contributed by atoms with van der Waals surface area (Å²) in [6, 6.07) is 2.34. The Morgan fingerprint density at radius 3 is 2.95 bits per heavy atom. The number of nitrogens with one attached hydrogen (secondary N) is 1. The zero-order valence-electron chi connectivity index (χ0n) is 11.9. The number of rotatable bonds is 5. The van der Waals surface area contributed by atoms with Crippen LogP contribution in [-0.4, -0.2) is 46.4 Å². The fourth-order valence-electron chi connectivity index (χ4n) is 2.35. The number of piperidine rings is 1. The lowest BCUT2D eigenvalue weighted by Gasteiger charge is -2.32. The Balaban J connectivity index is 1.52. The van der Waals surface area contributed by atoms with Crippen LogP contribution in [0.25, 0.3) is 0 Å². The van der Waals surface area contributed by atoms with Gasteiger partial charge in [-0.3, -0.25) is 0 Å². The third-order valence-corrected chi connectivity index (χ3v) is 4.38. The number of aromatic nitrogens is 4. The standard InChI is InChI=1S/C13H18N6OS/c1-20-8-12-17-18-13(21-12)19-6-3-10(4-7-19)16-11-2-5-14-9-15-11/h2,5,9-10H,3-4,6-8H2,1H3,(H,14,15,16). The van der Waals surface area contributed by atoms with Crippen molar-refractivity contribution in [2.75, 3.05) is 30.4 Å². The van der Waals surface area contributed by atoms with Crippen molar-refractivity contribution < 1.29 is 4.74 Å². The van der Waals surface area contributed by atoms with Crippen molar-refractivity contribution in [3.8, 4) is 0 Å². The predicted octanol–water partition coefficient (Wildman–Crippen LogP) is 1.56. The summed E-state index contributed by atoms with van der Waals surface area (Å²) < 4.78 is 5.08. The maximum Gasteiger partial charge on any atom is 0.208 e. The lowest BCUT2D eigenvalue weighted by molar-refractivity contribution is 0.184. The van der Waals surface area contributed by atoms with Crippen molar-refractivity contribution in [2.45, 2.75) is 25.5 Å². The maximum atomic E-state index is 5.08. The molecule has 0 atom stereocenters. The Bertz CT molecular complexity index is 555. The first kappa shape index (κ1) is 14.2. The van der Waals surface area contributed by atoms with Crippen molar-refractivity contribution in [3.63, 3.8) is 0 Å². The highest BCUT2D eigenvalue weighted by Crippen LogP contribution is 2.25. The lowest BCUT2D eigenvalue weighted by atomic mass is 10.1. The monoisotopic (exact) mass is 306 g/mol. The largest absolute Gasteiger partial charge is 0.377 e. The minimum atomic E-state index is 0.447. The van der Waals surface area contributed by atoms with Gasteiger partial charge >= 0.3 is 0 Å². The number of ether oxygens (including phenoxy) is 1. The first-order chi connectivity index (χ1) is 10.3. The molecular formula is C13H18N6OS. The molecule has 3 heterocycles. The van der Waals surface area contributed by atoms with Gasteiger partial charge in [0.25, 0.3) is 0 Å². The summed E-state index contributed by atoms with van der Waals surface area (Å²) in [6.07, 6.45) is 5.44. The van der Waals surface area contributed by atoms with Gasteiger partial charge in [0.1, 0.15) is 23.8 Å². The van der Waals surface area contributed by atoms with E-state index in [0.717, 1.165) is 41.9 Å². The third kappa shape index (κ3) is 3.64. The van der Waals surface area contributed by atoms with Crippen LogP contribution < -0.4 is 10.2 Å². The van der Waals surface area contributed by atoms with Gasteiger partial charge in [-0.25, -0.2) is 9.97 Å². The first-order valence-electron chi connectivity index (χ1n) is 6.94. The van der Waals surface area contributed by atoms with Crippen molar-refractivity contribution in [1.29, 1.82) is 0 Å². The molecule has 1 N–H and O–H groups in total. The molecule has 7 nitrogen and oxygen atoms in total. The van der Waals surface area contributed by atoms with Crippen molar-refractivity contribution in [2.24, 2.45) is 0 Å². The van der Waals surface area contributed by atoms with Gasteiger partial charge in [0.15, 0.2) is 0 Å². The predicted molar refractivity (Wildman–Crippen MR) is 81.5 cm³/mol. The summed E-state index contributed by atoms with van der Waals surface area (Å²) in [4.78, 5) is 10.4. The van der Waals surface area contributed by atoms with E-state index in [4.69, 9.17) is 4.74 Å². The normalized spacial score (nSPS) is 16.1. The van der Waals surface area contributed by atoms with E-state index in [-0.39, 0.29) is 0 Å². The molecule has 8 heteroatoms. The first-order valence-corrected chi connectivity index (χ1v) is 7.75. The van der Waals surface area contributed by atoms with Gasteiger partial charge in [0.2, 0.25) is 5.13 Å². The van der Waals surface area contributed by atoms with Crippen LogP contribution in [0.15, 0.2) is 18.6 Å². The molecule has 0 radical (unpaired) electrons. The Hall–Kier alpha value is -1.80. The Labute approximate surface area is 127 Å². The highest BCUT2D eigenvalue weighted by molar-refractivity contribution is 7.15. The van der Waals surface area contributed by atoms with Gasteiger partial charge < -0.3 is 15.0 Å². The molecule has 2 aromatic heterocycles. The van der Waals surface area contributed by atoms with E-state index in [2.05, 4.69) is 30.4 Å². The topological polar surface area (TPSA) is 76.1 Å². The Morgan fingerprint density at radius 1 is 1.38 bits per heavy atom. The number of methoxy groups -OCH3 is 1. The highest BCUT2D eigenvalue weighted by Gasteiger charge is 2.22. The number of anilines is 2. The van der Waals surface area contributed by atoms with E-state index < -0.39 is 0 Å². The molecule has 0 saturated carbocycles. The molecule has 1 aliphatic rings. The van der Waals surface area contributed by atoms with Crippen LogP contribution in [0, 0.1) is 0 Å². The molecule has 0 spiro atoms. The molecule has 3 rings (SSSR count). The molecule has 0 unspecified atom stereocenters. The van der Waals surface area contributed by atoms with Gasteiger partial charge in [0, 0.05) is 32.4 Å². The average molecular weight is 306 g/mol. The molecule has 1 fully saturated rings. The second kappa shape index (κ2) is 6.77. The van der Waals surface area contributed by atoms with Crippen molar-refractivity contribution in [3.05, 3.63) is 23.6 Å². The van der Waals surface area contributed by atoms with Gasteiger partial charge in [-0.05, 0) is 18.9 Å². The summed E-state index contributed by atoms with van der Waals surface area (Å²) in [7, 11) is 1.67. The van der Waals surface area contributed by atoms with E-state index in [9.17, 15) is 0 Å². The Kier molecular flexibility index (Phi) is 4.56. The smallest absolute Gasteiger partial charge is 0.208 e. The lowest BCUT2D eigenvalue weighted by Crippen LogP contribution is -2.39. The van der Waals surface area contributed by atoms with Crippen LogP contribution in [-0.2, 0) is 11.3 Å². The molecule has 0 aliphatic carbocycles. The molecule has 0 aromatic carbocycles. The van der Waals surface area contributed by atoms with E-state index in [1.54, 1.807) is 31.0 Å². The fourth-order valence-corrected chi connectivity index (χ4v) is 3.22. The molecule has 0 bridgehead atoms. The van der Waals surface area contributed by atoms with Crippen LogP contribution in [0.2, 0.25) is 0 Å². The molecule has 0 amide bonds. The maximum absolute atomic E-state index is 5.08. The minimum absolute atomic E-state index is 0.447. The van der Waals surface area contributed by atoms with E-state index >= 15 is 0 Å². The van der Waals surface area contributed by atoms with Crippen LogP contribution in [0.5, 0.6) is 0 Å². The Morgan fingerprint density at radius 2 is 2.24 bits per heavy atom. The van der Waals surface area contributed by atoms with Crippen molar-refractivity contribution in [1.82, 2.24) is 20.2 Å². The minimum Gasteiger partial charge on any atom is -0.377 e. The number of hydrogen-bond acceptors (Lipinski definition) is 8. The van der Waals surface area contributed by atoms with Crippen LogP contribution >= 0.6 is 11.3 Å². The summed E-state index contributed by atoms with van der Waals surface area (Å²) in [5.41, 5.74) is 0. The van der Waals surface area contributed by atoms with Gasteiger partial charge in [0.05, 0.1) is 0 Å². The summed E-state index contributed by atoms with van der Waals surface area (Å²) in [5.74, 6) is 0.891. The summed E-state index contributed by atoms with van der Waals surface area (Å²) in [6.45, 7) is 2.48. The second-order valence-electron chi connectivity index (χ2n) is 4.91. The van der Waals surface area contributed by atoms with E-state index in [0.29, 0.717) is 12.6 Å². The zero-order valence-corrected chi connectivity index (χ0v) is 12.7. The number of hydrogen-bond donors (Lipinski definition) is 1.